The molecule has 1 amide bonds. The Morgan fingerprint density at radius 1 is 1.32 bits per heavy atom. The molecule has 0 unspecified atom stereocenters. The van der Waals surface area contributed by atoms with Crippen LogP contribution in [0.5, 0.6) is 0 Å². The van der Waals surface area contributed by atoms with Gasteiger partial charge < -0.3 is 9.30 Å². The maximum Gasteiger partial charge on any atom is 0.222 e. The number of ketones is 1. The van der Waals surface area contributed by atoms with Crippen molar-refractivity contribution in [2.24, 2.45) is 0 Å². The van der Waals surface area contributed by atoms with E-state index in [-0.39, 0.29) is 24.1 Å². The molecule has 0 saturated carbocycles. The number of Topliss-reactive ketones (excluding diaryl/α,β-unsaturated/α-hetero) is 1. The van der Waals surface area contributed by atoms with Crippen LogP contribution in [0.25, 0.3) is 5.52 Å². The van der Waals surface area contributed by atoms with Crippen LogP contribution < -0.4 is 0 Å². The summed E-state index contributed by atoms with van der Waals surface area (Å²) in [6, 6.07) is 4.51. The fourth-order valence-corrected chi connectivity index (χ4v) is 1.98. The van der Waals surface area contributed by atoms with Crippen molar-refractivity contribution in [2.45, 2.75) is 13.3 Å². The van der Waals surface area contributed by atoms with Crippen molar-refractivity contribution >= 4 is 17.2 Å². The van der Waals surface area contributed by atoms with E-state index < -0.39 is 0 Å². The highest BCUT2D eigenvalue weighted by molar-refractivity contribution is 6.04. The molecule has 0 bridgehead atoms. The third kappa shape index (κ3) is 2.65. The monoisotopic (exact) mass is 262 g/mol. The van der Waals surface area contributed by atoms with E-state index in [0.717, 1.165) is 0 Å². The number of amides is 1. The number of hydrogen-bond donors (Lipinski definition) is 0. The lowest BCUT2D eigenvalue weighted by molar-refractivity contribution is -0.129. The number of carbonyl (C=O) groups excluding carboxylic acids is 2. The van der Waals surface area contributed by atoms with E-state index in [1.807, 2.05) is 0 Å². The Bertz CT molecular complexity index is 633. The van der Waals surface area contributed by atoms with Crippen molar-refractivity contribution in [3.05, 3.63) is 42.0 Å². The lowest BCUT2D eigenvalue weighted by Gasteiger charge is -2.14. The zero-order valence-corrected chi connectivity index (χ0v) is 10.9. The lowest BCUT2D eigenvalue weighted by atomic mass is 10.1. The molecule has 100 valence electrons. The average Bonchev–Trinajstić information content (AvgIpc) is 2.80. The second-order valence-electron chi connectivity index (χ2n) is 4.40. The first-order valence-electron chi connectivity index (χ1n) is 6.06. The van der Waals surface area contributed by atoms with Gasteiger partial charge in [-0.2, -0.15) is 0 Å². The Balaban J connectivity index is 2.25. The molecule has 0 saturated heterocycles. The van der Waals surface area contributed by atoms with Gasteiger partial charge in [0.15, 0.2) is 5.78 Å². The van der Waals surface area contributed by atoms with Crippen LogP contribution in [-0.4, -0.2) is 34.6 Å². The molecule has 0 spiro atoms. The second-order valence-corrected chi connectivity index (χ2v) is 4.40. The van der Waals surface area contributed by atoms with Crippen LogP contribution in [-0.2, 0) is 4.79 Å². The van der Waals surface area contributed by atoms with Gasteiger partial charge in [0, 0.05) is 31.4 Å². The number of halogens is 1. The summed E-state index contributed by atoms with van der Waals surface area (Å²) in [4.78, 5) is 25.0. The second kappa shape index (κ2) is 5.22. The molecular formula is C14H15FN2O2. The highest BCUT2D eigenvalue weighted by Gasteiger charge is 2.16. The molecular weight excluding hydrogens is 247 g/mol. The molecule has 0 aliphatic heterocycles. The molecule has 5 heteroatoms. The summed E-state index contributed by atoms with van der Waals surface area (Å²) in [6.45, 7) is 1.78. The van der Waals surface area contributed by atoms with Gasteiger partial charge in [-0.05, 0) is 18.2 Å². The van der Waals surface area contributed by atoms with E-state index in [1.165, 1.54) is 17.2 Å². The number of nitrogens with zero attached hydrogens (tertiary/aromatic N) is 2. The molecule has 2 rings (SSSR count). The molecule has 0 radical (unpaired) electrons. The average molecular weight is 262 g/mol. The van der Waals surface area contributed by atoms with Crippen LogP contribution in [0.2, 0.25) is 0 Å². The first-order chi connectivity index (χ1) is 9.02. The minimum Gasteiger partial charge on any atom is -0.338 e. The van der Waals surface area contributed by atoms with Crippen molar-refractivity contribution in [1.82, 2.24) is 9.30 Å². The minimum atomic E-state index is -0.361. The quantitative estimate of drug-likeness (QED) is 0.792. The van der Waals surface area contributed by atoms with E-state index in [0.29, 0.717) is 17.5 Å². The van der Waals surface area contributed by atoms with Crippen molar-refractivity contribution in [3.8, 4) is 0 Å². The fraction of sp³-hybridized carbons (Fsp3) is 0.286. The molecule has 19 heavy (non-hydrogen) atoms. The van der Waals surface area contributed by atoms with E-state index in [2.05, 4.69) is 0 Å². The van der Waals surface area contributed by atoms with Gasteiger partial charge in [0.1, 0.15) is 5.82 Å². The van der Waals surface area contributed by atoms with Gasteiger partial charge in [0.2, 0.25) is 5.91 Å². The SMILES string of the molecule is CCC(=O)N(C)CC(=O)c1ccn2cc(F)ccc12. The van der Waals surface area contributed by atoms with Gasteiger partial charge in [-0.25, -0.2) is 4.39 Å². The summed E-state index contributed by atoms with van der Waals surface area (Å²) in [6.07, 6.45) is 3.31. The molecule has 2 heterocycles. The predicted molar refractivity (Wildman–Crippen MR) is 69.6 cm³/mol. The normalized spacial score (nSPS) is 10.7. The zero-order chi connectivity index (χ0) is 14.0. The highest BCUT2D eigenvalue weighted by atomic mass is 19.1. The van der Waals surface area contributed by atoms with E-state index in [9.17, 15) is 14.0 Å². The van der Waals surface area contributed by atoms with Crippen LogP contribution in [0.4, 0.5) is 4.39 Å². The Hall–Kier alpha value is -2.17. The van der Waals surface area contributed by atoms with Crippen LogP contribution in [0.15, 0.2) is 30.6 Å². The largest absolute Gasteiger partial charge is 0.338 e. The number of likely N-dealkylation sites (N-methyl/N-ethyl adjacent to an activating group) is 1. The summed E-state index contributed by atoms with van der Waals surface area (Å²) in [5.74, 6) is -0.596. The molecule has 2 aromatic rings. The molecule has 0 aliphatic carbocycles. The number of rotatable bonds is 4. The van der Waals surface area contributed by atoms with Gasteiger partial charge in [-0.15, -0.1) is 0 Å². The van der Waals surface area contributed by atoms with Gasteiger partial charge in [0.05, 0.1) is 12.1 Å². The number of pyridine rings is 1. The number of carbonyl (C=O) groups is 2. The standard InChI is InChI=1S/C14H15FN2O2/c1-3-14(19)16(2)9-13(18)11-6-7-17-8-10(15)4-5-12(11)17/h4-8H,3,9H2,1-2H3. The molecule has 0 aliphatic rings. The van der Waals surface area contributed by atoms with E-state index >= 15 is 0 Å². The van der Waals surface area contributed by atoms with Crippen molar-refractivity contribution in [1.29, 1.82) is 0 Å². The molecule has 0 aromatic carbocycles. The number of aromatic nitrogens is 1. The van der Waals surface area contributed by atoms with Crippen molar-refractivity contribution in [2.75, 3.05) is 13.6 Å². The number of fused-ring (bicyclic) bond motifs is 1. The number of hydrogen-bond acceptors (Lipinski definition) is 2. The maximum atomic E-state index is 13.1. The van der Waals surface area contributed by atoms with Crippen LogP contribution >= 0.6 is 0 Å². The van der Waals surface area contributed by atoms with Crippen LogP contribution in [0, 0.1) is 5.82 Å². The summed E-state index contributed by atoms with van der Waals surface area (Å²) in [5, 5.41) is 0. The van der Waals surface area contributed by atoms with Gasteiger partial charge >= 0.3 is 0 Å². The Morgan fingerprint density at radius 3 is 2.74 bits per heavy atom. The highest BCUT2D eigenvalue weighted by Crippen LogP contribution is 2.14. The van der Waals surface area contributed by atoms with Crippen molar-refractivity contribution in [3.63, 3.8) is 0 Å². The molecule has 0 fully saturated rings. The van der Waals surface area contributed by atoms with Gasteiger partial charge in [-0.1, -0.05) is 6.92 Å². The molecule has 0 N–H and O–H groups in total. The first kappa shape index (κ1) is 13.3. The smallest absolute Gasteiger partial charge is 0.222 e. The summed E-state index contributed by atoms with van der Waals surface area (Å²) in [7, 11) is 1.60. The third-order valence-electron chi connectivity index (χ3n) is 3.03. The predicted octanol–water partition coefficient (Wildman–Crippen LogP) is 2.13. The Morgan fingerprint density at radius 2 is 2.05 bits per heavy atom. The van der Waals surface area contributed by atoms with Gasteiger partial charge in [0.25, 0.3) is 0 Å². The van der Waals surface area contributed by atoms with Crippen molar-refractivity contribution < 1.29 is 14.0 Å². The Kier molecular flexibility index (Phi) is 3.64. The summed E-state index contributed by atoms with van der Waals surface area (Å²) < 4.78 is 14.6. The molecule has 4 nitrogen and oxygen atoms in total. The zero-order valence-electron chi connectivity index (χ0n) is 10.9. The first-order valence-corrected chi connectivity index (χ1v) is 6.06. The Labute approximate surface area is 110 Å². The maximum absolute atomic E-state index is 13.1. The fourth-order valence-electron chi connectivity index (χ4n) is 1.98. The third-order valence-corrected chi connectivity index (χ3v) is 3.03. The molecule has 0 atom stereocenters. The minimum absolute atomic E-state index is 0.0315. The molecule has 2 aromatic heterocycles. The van der Waals surface area contributed by atoms with Crippen LogP contribution in [0.1, 0.15) is 23.7 Å². The summed E-state index contributed by atoms with van der Waals surface area (Å²) in [5.41, 5.74) is 1.14. The summed E-state index contributed by atoms with van der Waals surface area (Å²) >= 11 is 0. The van der Waals surface area contributed by atoms with Gasteiger partial charge in [-0.3, -0.25) is 9.59 Å². The topological polar surface area (TPSA) is 41.8 Å². The lowest BCUT2D eigenvalue weighted by Crippen LogP contribution is -2.31. The van der Waals surface area contributed by atoms with E-state index in [4.69, 9.17) is 0 Å². The van der Waals surface area contributed by atoms with Crippen LogP contribution in [0.3, 0.4) is 0 Å². The van der Waals surface area contributed by atoms with E-state index in [1.54, 1.807) is 36.7 Å².